The topological polar surface area (TPSA) is 29.9 Å². The summed E-state index contributed by atoms with van der Waals surface area (Å²) in [6.45, 7) is 4.25. The van der Waals surface area contributed by atoms with E-state index in [0.717, 1.165) is 19.1 Å². The van der Waals surface area contributed by atoms with Crippen molar-refractivity contribution in [1.82, 2.24) is 15.1 Å². The van der Waals surface area contributed by atoms with Crippen molar-refractivity contribution in [2.75, 3.05) is 6.54 Å². The van der Waals surface area contributed by atoms with E-state index in [9.17, 15) is 0 Å². The molecule has 0 saturated heterocycles. The minimum atomic E-state index is 0.796. The molecule has 1 aliphatic carbocycles. The van der Waals surface area contributed by atoms with Crippen LogP contribution < -0.4 is 5.32 Å². The molecule has 0 unspecified atom stereocenters. The van der Waals surface area contributed by atoms with Crippen molar-refractivity contribution in [2.45, 2.75) is 51.6 Å². The minimum Gasteiger partial charge on any atom is -0.314 e. The highest BCUT2D eigenvalue weighted by molar-refractivity contribution is 4.99. The molecule has 1 heterocycles. The number of aromatic nitrogens is 2. The van der Waals surface area contributed by atoms with Crippen LogP contribution in [0.25, 0.3) is 0 Å². The number of hydrogen-bond acceptors (Lipinski definition) is 2. The van der Waals surface area contributed by atoms with Gasteiger partial charge in [-0.3, -0.25) is 4.68 Å². The maximum atomic E-state index is 4.27. The zero-order valence-corrected chi connectivity index (χ0v) is 9.58. The number of hydrogen-bond donors (Lipinski definition) is 1. The van der Waals surface area contributed by atoms with Crippen LogP contribution in [0.1, 0.15) is 37.7 Å². The summed E-state index contributed by atoms with van der Waals surface area (Å²) in [5.74, 6) is 0. The fourth-order valence-corrected chi connectivity index (χ4v) is 2.27. The lowest BCUT2D eigenvalue weighted by Gasteiger charge is -2.11. The van der Waals surface area contributed by atoms with E-state index in [1.165, 1.54) is 37.7 Å². The summed E-state index contributed by atoms with van der Waals surface area (Å²) in [6, 6.07) is 0.796. The largest absolute Gasteiger partial charge is 0.314 e. The predicted octanol–water partition coefficient (Wildman–Crippen LogP) is 2.11. The highest BCUT2D eigenvalue weighted by Crippen LogP contribution is 2.17. The molecular formula is C12H21N3. The third-order valence-electron chi connectivity index (χ3n) is 3.11. The normalized spacial score (nSPS) is 17.4. The van der Waals surface area contributed by atoms with Crippen molar-refractivity contribution in [3.8, 4) is 0 Å². The van der Waals surface area contributed by atoms with Gasteiger partial charge >= 0.3 is 0 Å². The summed E-state index contributed by atoms with van der Waals surface area (Å²) >= 11 is 0. The monoisotopic (exact) mass is 207 g/mol. The van der Waals surface area contributed by atoms with Crippen molar-refractivity contribution in [2.24, 2.45) is 0 Å². The molecule has 2 rings (SSSR count). The highest BCUT2D eigenvalue weighted by atomic mass is 15.3. The van der Waals surface area contributed by atoms with Gasteiger partial charge in [-0.15, -0.1) is 0 Å². The van der Waals surface area contributed by atoms with E-state index in [4.69, 9.17) is 0 Å². The van der Waals surface area contributed by atoms with E-state index in [0.29, 0.717) is 0 Å². The Balaban J connectivity index is 1.58. The van der Waals surface area contributed by atoms with Crippen LogP contribution in [0.4, 0.5) is 0 Å². The molecule has 0 aromatic carbocycles. The van der Waals surface area contributed by atoms with Gasteiger partial charge in [0.2, 0.25) is 0 Å². The third-order valence-corrected chi connectivity index (χ3v) is 3.11. The Morgan fingerprint density at radius 1 is 1.47 bits per heavy atom. The lowest BCUT2D eigenvalue weighted by molar-refractivity contribution is 0.483. The molecule has 1 N–H and O–H groups in total. The Labute approximate surface area is 91.9 Å². The van der Waals surface area contributed by atoms with Crippen molar-refractivity contribution >= 4 is 0 Å². The first-order valence-corrected chi connectivity index (χ1v) is 6.07. The van der Waals surface area contributed by atoms with Gasteiger partial charge in [-0.05, 0) is 38.3 Å². The van der Waals surface area contributed by atoms with Crippen LogP contribution in [-0.4, -0.2) is 22.4 Å². The fraction of sp³-hybridized carbons (Fsp3) is 0.750. The number of nitrogens with one attached hydrogen (secondary N) is 1. The smallest absolute Gasteiger partial charge is 0.0518 e. The van der Waals surface area contributed by atoms with Crippen LogP contribution in [0.3, 0.4) is 0 Å². The second-order valence-corrected chi connectivity index (χ2v) is 4.57. The van der Waals surface area contributed by atoms with E-state index >= 15 is 0 Å². The van der Waals surface area contributed by atoms with Crippen LogP contribution in [0.2, 0.25) is 0 Å². The summed E-state index contributed by atoms with van der Waals surface area (Å²) in [5.41, 5.74) is 1.25. The number of nitrogens with zero attached hydrogens (tertiary/aromatic N) is 2. The molecule has 0 atom stereocenters. The summed E-state index contributed by atoms with van der Waals surface area (Å²) < 4.78 is 2.03. The summed E-state index contributed by atoms with van der Waals surface area (Å²) in [6.07, 6.45) is 10.8. The molecular weight excluding hydrogens is 186 g/mol. The second-order valence-electron chi connectivity index (χ2n) is 4.57. The van der Waals surface area contributed by atoms with E-state index in [2.05, 4.69) is 23.5 Å². The molecule has 0 aliphatic heterocycles. The summed E-state index contributed by atoms with van der Waals surface area (Å²) in [4.78, 5) is 0. The lowest BCUT2D eigenvalue weighted by Crippen LogP contribution is -2.27. The van der Waals surface area contributed by atoms with Gasteiger partial charge in [-0.25, -0.2) is 0 Å². The Kier molecular flexibility index (Phi) is 3.78. The zero-order chi connectivity index (χ0) is 10.5. The van der Waals surface area contributed by atoms with Crippen LogP contribution in [0.5, 0.6) is 0 Å². The molecule has 1 aliphatic rings. The molecule has 3 heteroatoms. The van der Waals surface area contributed by atoms with Gasteiger partial charge in [0.15, 0.2) is 0 Å². The molecule has 84 valence electrons. The molecule has 3 nitrogen and oxygen atoms in total. The van der Waals surface area contributed by atoms with Crippen molar-refractivity contribution in [3.63, 3.8) is 0 Å². The van der Waals surface area contributed by atoms with E-state index in [1.807, 2.05) is 10.9 Å². The molecule has 1 aromatic rings. The molecule has 0 spiro atoms. The number of rotatable bonds is 5. The Bertz CT molecular complexity index is 287. The zero-order valence-electron chi connectivity index (χ0n) is 9.58. The standard InChI is InChI=1S/C12H21N3/c1-11-9-14-15(10-11)8-4-7-13-12-5-2-3-6-12/h9-10,12-13H,2-8H2,1H3. The maximum absolute atomic E-state index is 4.27. The molecule has 15 heavy (non-hydrogen) atoms. The van der Waals surface area contributed by atoms with Gasteiger partial charge in [-0.2, -0.15) is 5.10 Å². The molecule has 1 saturated carbocycles. The van der Waals surface area contributed by atoms with Gasteiger partial charge in [0.25, 0.3) is 0 Å². The number of aryl methyl sites for hydroxylation is 2. The lowest BCUT2D eigenvalue weighted by atomic mass is 10.2. The molecule has 1 fully saturated rings. The first-order chi connectivity index (χ1) is 7.34. The highest BCUT2D eigenvalue weighted by Gasteiger charge is 2.13. The SMILES string of the molecule is Cc1cnn(CCCNC2CCCC2)c1. The van der Waals surface area contributed by atoms with Crippen LogP contribution in [0, 0.1) is 6.92 Å². The van der Waals surface area contributed by atoms with Crippen molar-refractivity contribution in [1.29, 1.82) is 0 Å². The van der Waals surface area contributed by atoms with Crippen molar-refractivity contribution < 1.29 is 0 Å². The Morgan fingerprint density at radius 2 is 2.27 bits per heavy atom. The van der Waals surface area contributed by atoms with Crippen LogP contribution >= 0.6 is 0 Å². The summed E-state index contributed by atoms with van der Waals surface area (Å²) in [7, 11) is 0. The van der Waals surface area contributed by atoms with Crippen LogP contribution in [-0.2, 0) is 6.54 Å². The van der Waals surface area contributed by atoms with Crippen LogP contribution in [0.15, 0.2) is 12.4 Å². The molecule has 0 bridgehead atoms. The molecule has 0 radical (unpaired) electrons. The van der Waals surface area contributed by atoms with Gasteiger partial charge < -0.3 is 5.32 Å². The van der Waals surface area contributed by atoms with E-state index in [-0.39, 0.29) is 0 Å². The van der Waals surface area contributed by atoms with Gasteiger partial charge in [0.1, 0.15) is 0 Å². The average molecular weight is 207 g/mol. The molecule has 0 amide bonds. The Hall–Kier alpha value is -0.830. The predicted molar refractivity (Wildman–Crippen MR) is 61.8 cm³/mol. The first kappa shape index (κ1) is 10.7. The average Bonchev–Trinajstić information content (AvgIpc) is 2.84. The second kappa shape index (κ2) is 5.31. The molecule has 1 aromatic heterocycles. The minimum absolute atomic E-state index is 0.796. The maximum Gasteiger partial charge on any atom is 0.0518 e. The summed E-state index contributed by atoms with van der Waals surface area (Å²) in [5, 5.41) is 7.89. The van der Waals surface area contributed by atoms with Gasteiger partial charge in [0.05, 0.1) is 6.20 Å². The Morgan fingerprint density at radius 3 is 2.93 bits per heavy atom. The fourth-order valence-electron chi connectivity index (χ4n) is 2.27. The van der Waals surface area contributed by atoms with Gasteiger partial charge in [0, 0.05) is 18.8 Å². The van der Waals surface area contributed by atoms with E-state index < -0.39 is 0 Å². The van der Waals surface area contributed by atoms with Crippen molar-refractivity contribution in [3.05, 3.63) is 18.0 Å². The third kappa shape index (κ3) is 3.34. The quantitative estimate of drug-likeness (QED) is 0.749. The van der Waals surface area contributed by atoms with E-state index in [1.54, 1.807) is 0 Å². The van der Waals surface area contributed by atoms with Gasteiger partial charge in [-0.1, -0.05) is 12.8 Å². The first-order valence-electron chi connectivity index (χ1n) is 6.07.